The third-order valence-corrected chi connectivity index (χ3v) is 4.49. The van der Waals surface area contributed by atoms with E-state index in [2.05, 4.69) is 36.2 Å². The van der Waals surface area contributed by atoms with Crippen molar-refractivity contribution in [3.05, 3.63) is 5.69 Å². The van der Waals surface area contributed by atoms with Gasteiger partial charge in [-0.2, -0.15) is 5.10 Å². The van der Waals surface area contributed by atoms with Crippen LogP contribution in [0.3, 0.4) is 0 Å². The maximum Gasteiger partial charge on any atom is 0.148 e. The van der Waals surface area contributed by atoms with Gasteiger partial charge < -0.3 is 16.0 Å². The average molecular weight is 279 g/mol. The number of aromatic nitrogens is 2. The van der Waals surface area contributed by atoms with Crippen molar-refractivity contribution in [1.82, 2.24) is 14.7 Å². The number of nitrogens with one attached hydrogen (secondary N) is 1. The predicted octanol–water partition coefficient (Wildman–Crippen LogP) is 2.33. The van der Waals surface area contributed by atoms with E-state index in [1.807, 2.05) is 11.6 Å². The third kappa shape index (κ3) is 3.26. The van der Waals surface area contributed by atoms with Gasteiger partial charge in [0.15, 0.2) is 0 Å². The van der Waals surface area contributed by atoms with E-state index in [0.717, 1.165) is 36.7 Å². The lowest BCUT2D eigenvalue weighted by Gasteiger charge is -2.38. The Kier molecular flexibility index (Phi) is 4.58. The lowest BCUT2D eigenvalue weighted by molar-refractivity contribution is 0.150. The highest BCUT2D eigenvalue weighted by molar-refractivity contribution is 5.64. The molecule has 1 aliphatic heterocycles. The second-order valence-corrected chi connectivity index (χ2v) is 6.54. The van der Waals surface area contributed by atoms with Crippen LogP contribution in [0.1, 0.15) is 38.8 Å². The molecule has 1 aliphatic rings. The molecule has 0 bridgehead atoms. The van der Waals surface area contributed by atoms with E-state index in [0.29, 0.717) is 5.41 Å². The van der Waals surface area contributed by atoms with Gasteiger partial charge in [0.1, 0.15) is 5.82 Å². The van der Waals surface area contributed by atoms with Gasteiger partial charge in [0.2, 0.25) is 0 Å². The van der Waals surface area contributed by atoms with Crippen LogP contribution in [-0.4, -0.2) is 41.4 Å². The minimum absolute atomic E-state index is 0.355. The largest absolute Gasteiger partial charge is 0.394 e. The standard InChI is InChI=1S/C15H29N5/c1-5-8-20-14(13(16)12(2)18-20)17-11-15(3)6-9-19(4)10-7-15/h17H,5-11,16H2,1-4H3. The van der Waals surface area contributed by atoms with Crippen LogP contribution in [0.4, 0.5) is 11.5 Å². The van der Waals surface area contributed by atoms with Gasteiger partial charge in [-0.05, 0) is 51.7 Å². The van der Waals surface area contributed by atoms with Crippen LogP contribution in [0.2, 0.25) is 0 Å². The Morgan fingerprint density at radius 3 is 2.60 bits per heavy atom. The van der Waals surface area contributed by atoms with E-state index in [1.165, 1.54) is 25.9 Å². The van der Waals surface area contributed by atoms with E-state index in [-0.39, 0.29) is 0 Å². The second kappa shape index (κ2) is 6.04. The Labute approximate surface area is 122 Å². The number of aryl methyl sites for hydroxylation is 2. The summed E-state index contributed by atoms with van der Waals surface area (Å²) in [5.41, 5.74) is 8.24. The number of rotatable bonds is 5. The van der Waals surface area contributed by atoms with Crippen molar-refractivity contribution in [1.29, 1.82) is 0 Å². The zero-order valence-corrected chi connectivity index (χ0v) is 13.4. The molecule has 0 atom stereocenters. The summed E-state index contributed by atoms with van der Waals surface area (Å²) in [6.07, 6.45) is 3.53. The van der Waals surface area contributed by atoms with Gasteiger partial charge in [0, 0.05) is 13.1 Å². The van der Waals surface area contributed by atoms with Crippen molar-refractivity contribution in [3.8, 4) is 0 Å². The number of nitrogens with two attached hydrogens (primary N) is 1. The molecule has 0 saturated carbocycles. The monoisotopic (exact) mass is 279 g/mol. The van der Waals surface area contributed by atoms with Gasteiger partial charge in [0.25, 0.3) is 0 Å². The Balaban J connectivity index is 2.03. The molecule has 5 heteroatoms. The summed E-state index contributed by atoms with van der Waals surface area (Å²) >= 11 is 0. The fourth-order valence-electron chi connectivity index (χ4n) is 2.79. The SMILES string of the molecule is CCCn1nc(C)c(N)c1NCC1(C)CCN(C)CC1. The van der Waals surface area contributed by atoms with E-state index < -0.39 is 0 Å². The molecular formula is C15H29N5. The lowest BCUT2D eigenvalue weighted by atomic mass is 9.80. The molecule has 20 heavy (non-hydrogen) atoms. The Morgan fingerprint density at radius 1 is 1.35 bits per heavy atom. The highest BCUT2D eigenvalue weighted by Gasteiger charge is 2.29. The van der Waals surface area contributed by atoms with Crippen molar-refractivity contribution < 1.29 is 0 Å². The Hall–Kier alpha value is -1.23. The number of hydrogen-bond donors (Lipinski definition) is 2. The number of anilines is 2. The summed E-state index contributed by atoms with van der Waals surface area (Å²) in [5, 5.41) is 8.09. The van der Waals surface area contributed by atoms with Crippen LogP contribution >= 0.6 is 0 Å². The van der Waals surface area contributed by atoms with Crippen molar-refractivity contribution in [3.63, 3.8) is 0 Å². The first-order valence-corrected chi connectivity index (χ1v) is 7.70. The predicted molar refractivity (Wildman–Crippen MR) is 85.0 cm³/mol. The number of likely N-dealkylation sites (tertiary alicyclic amines) is 1. The van der Waals surface area contributed by atoms with Crippen molar-refractivity contribution in [2.45, 2.75) is 46.6 Å². The normalized spacial score (nSPS) is 19.2. The zero-order chi connectivity index (χ0) is 14.8. The third-order valence-electron chi connectivity index (χ3n) is 4.49. The molecule has 5 nitrogen and oxygen atoms in total. The molecule has 0 amide bonds. The molecule has 2 heterocycles. The summed E-state index contributed by atoms with van der Waals surface area (Å²) in [7, 11) is 2.20. The first kappa shape index (κ1) is 15.2. The molecule has 1 aromatic rings. The van der Waals surface area contributed by atoms with Gasteiger partial charge in [0.05, 0.1) is 11.4 Å². The minimum atomic E-state index is 0.355. The van der Waals surface area contributed by atoms with E-state index in [9.17, 15) is 0 Å². The molecule has 0 spiro atoms. The van der Waals surface area contributed by atoms with Gasteiger partial charge >= 0.3 is 0 Å². The number of nitrogens with zero attached hydrogens (tertiary/aromatic N) is 3. The fraction of sp³-hybridized carbons (Fsp3) is 0.800. The molecule has 0 aliphatic carbocycles. The van der Waals surface area contributed by atoms with Crippen LogP contribution in [0.15, 0.2) is 0 Å². The zero-order valence-electron chi connectivity index (χ0n) is 13.4. The van der Waals surface area contributed by atoms with Gasteiger partial charge in [-0.3, -0.25) is 0 Å². The number of hydrogen-bond acceptors (Lipinski definition) is 4. The highest BCUT2D eigenvalue weighted by Crippen LogP contribution is 2.32. The topological polar surface area (TPSA) is 59.1 Å². The summed E-state index contributed by atoms with van der Waals surface area (Å²) in [6, 6.07) is 0. The Morgan fingerprint density at radius 2 is 2.00 bits per heavy atom. The molecule has 0 radical (unpaired) electrons. The quantitative estimate of drug-likeness (QED) is 0.868. The smallest absolute Gasteiger partial charge is 0.148 e. The first-order chi connectivity index (χ1) is 9.45. The molecule has 0 unspecified atom stereocenters. The molecule has 1 fully saturated rings. The van der Waals surface area contributed by atoms with Gasteiger partial charge in [-0.15, -0.1) is 0 Å². The molecule has 1 aromatic heterocycles. The summed E-state index contributed by atoms with van der Waals surface area (Å²) in [4.78, 5) is 2.40. The van der Waals surface area contributed by atoms with E-state index >= 15 is 0 Å². The molecular weight excluding hydrogens is 250 g/mol. The van der Waals surface area contributed by atoms with Crippen LogP contribution < -0.4 is 11.1 Å². The molecule has 2 rings (SSSR count). The fourth-order valence-corrected chi connectivity index (χ4v) is 2.79. The second-order valence-electron chi connectivity index (χ2n) is 6.54. The van der Waals surface area contributed by atoms with Crippen molar-refractivity contribution in [2.24, 2.45) is 5.41 Å². The highest BCUT2D eigenvalue weighted by atomic mass is 15.3. The van der Waals surface area contributed by atoms with Gasteiger partial charge in [-0.1, -0.05) is 13.8 Å². The Bertz CT molecular complexity index is 443. The maximum atomic E-state index is 6.16. The lowest BCUT2D eigenvalue weighted by Crippen LogP contribution is -2.40. The maximum absolute atomic E-state index is 6.16. The molecule has 1 saturated heterocycles. The number of piperidine rings is 1. The van der Waals surface area contributed by atoms with E-state index in [1.54, 1.807) is 0 Å². The average Bonchev–Trinajstić information content (AvgIpc) is 2.68. The minimum Gasteiger partial charge on any atom is -0.394 e. The van der Waals surface area contributed by atoms with Crippen molar-refractivity contribution >= 4 is 11.5 Å². The van der Waals surface area contributed by atoms with Crippen LogP contribution in [0, 0.1) is 12.3 Å². The summed E-state index contributed by atoms with van der Waals surface area (Å²) < 4.78 is 2.02. The van der Waals surface area contributed by atoms with E-state index in [4.69, 9.17) is 5.73 Å². The van der Waals surface area contributed by atoms with Crippen LogP contribution in [-0.2, 0) is 6.54 Å². The molecule has 0 aromatic carbocycles. The molecule has 114 valence electrons. The van der Waals surface area contributed by atoms with Crippen LogP contribution in [0.5, 0.6) is 0 Å². The summed E-state index contributed by atoms with van der Waals surface area (Å²) in [6.45, 7) is 10.8. The molecule has 3 N–H and O–H groups in total. The van der Waals surface area contributed by atoms with Crippen molar-refractivity contribution in [2.75, 3.05) is 37.7 Å². The van der Waals surface area contributed by atoms with Crippen LogP contribution in [0.25, 0.3) is 0 Å². The summed E-state index contributed by atoms with van der Waals surface area (Å²) in [5.74, 6) is 1.00. The van der Waals surface area contributed by atoms with Gasteiger partial charge in [-0.25, -0.2) is 4.68 Å². The first-order valence-electron chi connectivity index (χ1n) is 7.70. The number of nitrogen functional groups attached to an aromatic ring is 1.